The molecule has 4 nitrogen and oxygen atoms in total. The van der Waals surface area contributed by atoms with E-state index >= 15 is 0 Å². The molecular formula is C13H19NO3. The summed E-state index contributed by atoms with van der Waals surface area (Å²) in [6.07, 6.45) is 0.702. The number of carbonyl (C=O) groups is 1. The summed E-state index contributed by atoms with van der Waals surface area (Å²) in [5, 5.41) is 0. The van der Waals surface area contributed by atoms with Gasteiger partial charge in [0.15, 0.2) is 0 Å². The lowest BCUT2D eigenvalue weighted by Gasteiger charge is -2.12. The third-order valence-corrected chi connectivity index (χ3v) is 2.43. The van der Waals surface area contributed by atoms with Gasteiger partial charge in [-0.1, -0.05) is 6.92 Å². The predicted molar refractivity (Wildman–Crippen MR) is 67.2 cm³/mol. The lowest BCUT2D eigenvalue weighted by molar-refractivity contribution is 0.0334. The minimum Gasteiger partial charge on any atom is -0.492 e. The lowest BCUT2D eigenvalue weighted by Crippen LogP contribution is -2.14. The molecule has 2 N–H and O–H groups in total. The first-order chi connectivity index (χ1) is 8.08. The van der Waals surface area contributed by atoms with Crippen molar-refractivity contribution in [2.24, 2.45) is 0 Å². The Balaban J connectivity index is 2.79. The molecule has 0 aromatic heterocycles. The van der Waals surface area contributed by atoms with Gasteiger partial charge >= 0.3 is 5.97 Å². The molecule has 0 fully saturated rings. The van der Waals surface area contributed by atoms with Crippen molar-refractivity contribution in [2.45, 2.75) is 33.3 Å². The zero-order valence-electron chi connectivity index (χ0n) is 10.5. The Labute approximate surface area is 102 Å². The van der Waals surface area contributed by atoms with Crippen LogP contribution in [0.4, 0.5) is 5.69 Å². The van der Waals surface area contributed by atoms with Gasteiger partial charge in [0, 0.05) is 0 Å². The van der Waals surface area contributed by atoms with Gasteiger partial charge in [0.05, 0.1) is 24.0 Å². The minimum atomic E-state index is -0.353. The lowest BCUT2D eigenvalue weighted by atomic mass is 10.2. The van der Waals surface area contributed by atoms with E-state index in [9.17, 15) is 4.79 Å². The van der Waals surface area contributed by atoms with E-state index in [1.165, 1.54) is 0 Å². The molecule has 0 aliphatic carbocycles. The van der Waals surface area contributed by atoms with E-state index in [0.29, 0.717) is 23.6 Å². The normalized spacial score (nSPS) is 11.9. The number of hydrogen-bond donors (Lipinski definition) is 1. The van der Waals surface area contributed by atoms with E-state index in [1.807, 2.05) is 20.8 Å². The Morgan fingerprint density at radius 1 is 1.41 bits per heavy atom. The van der Waals surface area contributed by atoms with Crippen molar-refractivity contribution in [1.29, 1.82) is 0 Å². The number of nitrogens with two attached hydrogens (primary N) is 1. The van der Waals surface area contributed by atoms with Crippen LogP contribution in [0, 0.1) is 0 Å². The second-order valence-corrected chi connectivity index (χ2v) is 3.81. The highest BCUT2D eigenvalue weighted by atomic mass is 16.5. The Morgan fingerprint density at radius 2 is 2.12 bits per heavy atom. The summed E-state index contributed by atoms with van der Waals surface area (Å²) in [6.45, 7) is 6.24. The van der Waals surface area contributed by atoms with E-state index in [4.69, 9.17) is 15.2 Å². The first-order valence-corrected chi connectivity index (χ1v) is 5.81. The van der Waals surface area contributed by atoms with Crippen molar-refractivity contribution < 1.29 is 14.3 Å². The highest BCUT2D eigenvalue weighted by Crippen LogP contribution is 2.23. The zero-order chi connectivity index (χ0) is 12.8. The van der Waals surface area contributed by atoms with Crippen LogP contribution < -0.4 is 10.5 Å². The average Bonchev–Trinajstić information content (AvgIpc) is 2.31. The van der Waals surface area contributed by atoms with Crippen LogP contribution in [0.25, 0.3) is 0 Å². The van der Waals surface area contributed by atoms with Crippen LogP contribution in [0.2, 0.25) is 0 Å². The minimum absolute atomic E-state index is 0.0877. The third kappa shape index (κ3) is 3.66. The largest absolute Gasteiger partial charge is 0.492 e. The SMILES string of the molecule is CCOc1ccc(C(=O)O[C@@H](C)CC)cc1N. The standard InChI is InChI=1S/C13H19NO3/c1-4-9(3)17-13(15)10-6-7-12(16-5-2)11(14)8-10/h6-9H,4-5,14H2,1-3H3/t9-/m0/s1. The van der Waals surface area contributed by atoms with Crippen LogP contribution in [0.5, 0.6) is 5.75 Å². The van der Waals surface area contributed by atoms with E-state index in [2.05, 4.69) is 0 Å². The smallest absolute Gasteiger partial charge is 0.338 e. The van der Waals surface area contributed by atoms with Crippen LogP contribution >= 0.6 is 0 Å². The van der Waals surface area contributed by atoms with Crippen molar-refractivity contribution in [3.8, 4) is 5.75 Å². The maximum Gasteiger partial charge on any atom is 0.338 e. The monoisotopic (exact) mass is 237 g/mol. The Kier molecular flexibility index (Phi) is 4.82. The van der Waals surface area contributed by atoms with E-state index in [0.717, 1.165) is 6.42 Å². The average molecular weight is 237 g/mol. The molecule has 0 aliphatic rings. The molecule has 0 radical (unpaired) electrons. The van der Waals surface area contributed by atoms with Crippen LogP contribution in [0.3, 0.4) is 0 Å². The number of rotatable bonds is 5. The summed E-state index contributed by atoms with van der Waals surface area (Å²) in [4.78, 5) is 11.7. The molecule has 0 saturated heterocycles. The summed E-state index contributed by atoms with van der Waals surface area (Å²) < 4.78 is 10.5. The Bertz CT molecular complexity index is 390. The Hall–Kier alpha value is -1.71. The molecule has 0 amide bonds. The molecule has 0 bridgehead atoms. The van der Waals surface area contributed by atoms with Crippen molar-refractivity contribution in [2.75, 3.05) is 12.3 Å². The number of benzene rings is 1. The van der Waals surface area contributed by atoms with Gasteiger partial charge in [-0.2, -0.15) is 0 Å². The number of carbonyl (C=O) groups excluding carboxylic acids is 1. The highest BCUT2D eigenvalue weighted by molar-refractivity contribution is 5.91. The van der Waals surface area contributed by atoms with Crippen molar-refractivity contribution in [3.05, 3.63) is 23.8 Å². The molecule has 0 unspecified atom stereocenters. The van der Waals surface area contributed by atoms with Gasteiger partial charge in [0.25, 0.3) is 0 Å². The van der Waals surface area contributed by atoms with Gasteiger partial charge in [-0.3, -0.25) is 0 Å². The molecule has 4 heteroatoms. The van der Waals surface area contributed by atoms with E-state index in [-0.39, 0.29) is 12.1 Å². The molecule has 0 saturated carbocycles. The summed E-state index contributed by atoms with van der Waals surface area (Å²) in [5.74, 6) is 0.238. The quantitative estimate of drug-likeness (QED) is 0.631. The number of anilines is 1. The second-order valence-electron chi connectivity index (χ2n) is 3.81. The molecule has 1 rings (SSSR count). The molecular weight excluding hydrogens is 218 g/mol. The van der Waals surface area contributed by atoms with Crippen molar-refractivity contribution in [1.82, 2.24) is 0 Å². The van der Waals surface area contributed by atoms with Crippen molar-refractivity contribution in [3.63, 3.8) is 0 Å². The molecule has 0 heterocycles. The zero-order valence-corrected chi connectivity index (χ0v) is 10.5. The van der Waals surface area contributed by atoms with Gasteiger partial charge in [0.1, 0.15) is 5.75 Å². The van der Waals surface area contributed by atoms with E-state index in [1.54, 1.807) is 18.2 Å². The molecule has 94 valence electrons. The van der Waals surface area contributed by atoms with Gasteiger partial charge in [-0.25, -0.2) is 4.79 Å². The van der Waals surface area contributed by atoms with Crippen LogP contribution in [-0.2, 0) is 4.74 Å². The number of hydrogen-bond acceptors (Lipinski definition) is 4. The van der Waals surface area contributed by atoms with Crippen LogP contribution in [0.15, 0.2) is 18.2 Å². The summed E-state index contributed by atoms with van der Waals surface area (Å²) >= 11 is 0. The van der Waals surface area contributed by atoms with Crippen molar-refractivity contribution >= 4 is 11.7 Å². The fourth-order valence-corrected chi connectivity index (χ4v) is 1.30. The number of esters is 1. The maximum atomic E-state index is 11.7. The van der Waals surface area contributed by atoms with Crippen LogP contribution in [-0.4, -0.2) is 18.7 Å². The van der Waals surface area contributed by atoms with Gasteiger partial charge in [0.2, 0.25) is 0 Å². The predicted octanol–water partition coefficient (Wildman–Crippen LogP) is 2.62. The fourth-order valence-electron chi connectivity index (χ4n) is 1.30. The van der Waals surface area contributed by atoms with Gasteiger partial charge in [-0.15, -0.1) is 0 Å². The first kappa shape index (κ1) is 13.4. The molecule has 0 spiro atoms. The molecule has 1 aromatic rings. The molecule has 1 atom stereocenters. The summed E-state index contributed by atoms with van der Waals surface area (Å²) in [7, 11) is 0. The third-order valence-electron chi connectivity index (χ3n) is 2.43. The number of ether oxygens (including phenoxy) is 2. The molecule has 17 heavy (non-hydrogen) atoms. The molecule has 1 aromatic carbocycles. The highest BCUT2D eigenvalue weighted by Gasteiger charge is 2.12. The molecule has 0 aliphatic heterocycles. The maximum absolute atomic E-state index is 11.7. The topological polar surface area (TPSA) is 61.5 Å². The number of nitrogen functional groups attached to an aromatic ring is 1. The first-order valence-electron chi connectivity index (χ1n) is 5.81. The Morgan fingerprint density at radius 3 is 2.65 bits per heavy atom. The van der Waals surface area contributed by atoms with Crippen LogP contribution in [0.1, 0.15) is 37.6 Å². The van der Waals surface area contributed by atoms with E-state index < -0.39 is 0 Å². The van der Waals surface area contributed by atoms with Gasteiger partial charge in [-0.05, 0) is 38.5 Å². The van der Waals surface area contributed by atoms with Gasteiger partial charge < -0.3 is 15.2 Å². The summed E-state index contributed by atoms with van der Waals surface area (Å²) in [5.41, 5.74) is 6.68. The fraction of sp³-hybridized carbons (Fsp3) is 0.462. The summed E-state index contributed by atoms with van der Waals surface area (Å²) in [6, 6.07) is 4.92. The second kappa shape index (κ2) is 6.13.